The molecule has 0 radical (unpaired) electrons. The van der Waals surface area contributed by atoms with Crippen LogP contribution in [0.3, 0.4) is 0 Å². The predicted molar refractivity (Wildman–Crippen MR) is 71.5 cm³/mol. The Kier molecular flexibility index (Phi) is 8.88. The van der Waals surface area contributed by atoms with Crippen LogP contribution in [0.15, 0.2) is 24.3 Å². The van der Waals surface area contributed by atoms with Crippen LogP contribution < -0.4 is 4.74 Å². The first-order valence-corrected chi connectivity index (χ1v) is 5.76. The van der Waals surface area contributed by atoms with Crippen LogP contribution in [0.2, 0.25) is 0 Å². The Balaban J connectivity index is 0.000000437. The van der Waals surface area contributed by atoms with Gasteiger partial charge in [0.1, 0.15) is 0 Å². The zero-order valence-electron chi connectivity index (χ0n) is 11.1. The van der Waals surface area contributed by atoms with E-state index in [-0.39, 0.29) is 5.75 Å². The quantitative estimate of drug-likeness (QED) is 0.872. The second kappa shape index (κ2) is 9.73. The van der Waals surface area contributed by atoms with Gasteiger partial charge in [-0.05, 0) is 38.5 Å². The molecule has 17 heavy (non-hydrogen) atoms. The number of benzene rings is 1. The summed E-state index contributed by atoms with van der Waals surface area (Å²) in [6, 6.07) is 5.24. The molecule has 0 saturated carbocycles. The zero-order valence-corrected chi connectivity index (χ0v) is 11.1. The Labute approximate surface area is 104 Å². The minimum Gasteiger partial charge on any atom is -0.504 e. The van der Waals surface area contributed by atoms with Crippen LogP contribution in [-0.4, -0.2) is 25.4 Å². The molecule has 0 spiro atoms. The van der Waals surface area contributed by atoms with Gasteiger partial charge in [0.25, 0.3) is 0 Å². The van der Waals surface area contributed by atoms with Gasteiger partial charge in [0.2, 0.25) is 0 Å². The van der Waals surface area contributed by atoms with E-state index in [0.29, 0.717) is 5.75 Å². The maximum absolute atomic E-state index is 9.25. The fraction of sp³-hybridized carbons (Fsp3) is 0.429. The van der Waals surface area contributed by atoms with Crippen LogP contribution in [0.25, 0.3) is 6.08 Å². The first-order chi connectivity index (χ1) is 8.19. The molecular formula is C14H22O3. The van der Waals surface area contributed by atoms with E-state index >= 15 is 0 Å². The normalized spacial score (nSPS) is 9.88. The van der Waals surface area contributed by atoms with E-state index < -0.39 is 0 Å². The van der Waals surface area contributed by atoms with Crippen molar-refractivity contribution < 1.29 is 14.6 Å². The molecule has 3 heteroatoms. The summed E-state index contributed by atoms with van der Waals surface area (Å²) in [4.78, 5) is 0. The summed E-state index contributed by atoms with van der Waals surface area (Å²) >= 11 is 0. The van der Waals surface area contributed by atoms with Gasteiger partial charge in [0.15, 0.2) is 11.5 Å². The number of rotatable bonds is 4. The van der Waals surface area contributed by atoms with Crippen molar-refractivity contribution in [3.8, 4) is 11.5 Å². The summed E-state index contributed by atoms with van der Waals surface area (Å²) < 4.78 is 9.78. The first-order valence-electron chi connectivity index (χ1n) is 5.76. The maximum atomic E-state index is 9.25. The SMILES string of the molecule is CC=Cc1ccc(O)c(OC)c1.CCOCC. The second-order valence-electron chi connectivity index (χ2n) is 3.21. The second-order valence-corrected chi connectivity index (χ2v) is 3.21. The van der Waals surface area contributed by atoms with Crippen LogP contribution in [0, 0.1) is 0 Å². The Morgan fingerprint density at radius 3 is 2.29 bits per heavy atom. The van der Waals surface area contributed by atoms with Crippen LogP contribution >= 0.6 is 0 Å². The van der Waals surface area contributed by atoms with Gasteiger partial charge in [-0.15, -0.1) is 0 Å². The molecule has 1 aromatic carbocycles. The number of aromatic hydroxyl groups is 1. The van der Waals surface area contributed by atoms with Gasteiger partial charge in [0.05, 0.1) is 7.11 Å². The van der Waals surface area contributed by atoms with E-state index in [1.165, 1.54) is 7.11 Å². The zero-order chi connectivity index (χ0) is 13.1. The Morgan fingerprint density at radius 2 is 1.88 bits per heavy atom. The Hall–Kier alpha value is -1.48. The number of ether oxygens (including phenoxy) is 2. The largest absolute Gasteiger partial charge is 0.504 e. The number of phenols is 1. The number of phenolic OH excluding ortho intramolecular Hbond substituents is 1. The van der Waals surface area contributed by atoms with Gasteiger partial charge in [-0.25, -0.2) is 0 Å². The minimum absolute atomic E-state index is 0.172. The lowest BCUT2D eigenvalue weighted by atomic mass is 10.2. The summed E-state index contributed by atoms with van der Waals surface area (Å²) in [5.41, 5.74) is 1.02. The van der Waals surface area contributed by atoms with Crippen LogP contribution in [0.5, 0.6) is 11.5 Å². The van der Waals surface area contributed by atoms with Crippen molar-refractivity contribution in [2.24, 2.45) is 0 Å². The van der Waals surface area contributed by atoms with Crippen molar-refractivity contribution >= 4 is 6.08 Å². The highest BCUT2D eigenvalue weighted by molar-refractivity contribution is 5.55. The van der Waals surface area contributed by atoms with Crippen molar-refractivity contribution in [1.82, 2.24) is 0 Å². The molecule has 0 atom stereocenters. The summed E-state index contributed by atoms with van der Waals surface area (Å²) in [5.74, 6) is 0.677. The smallest absolute Gasteiger partial charge is 0.161 e. The molecule has 0 aromatic heterocycles. The summed E-state index contributed by atoms with van der Waals surface area (Å²) in [5, 5.41) is 9.25. The van der Waals surface area contributed by atoms with Gasteiger partial charge in [0, 0.05) is 13.2 Å². The molecule has 96 valence electrons. The fourth-order valence-corrected chi connectivity index (χ4v) is 1.19. The molecule has 0 aliphatic carbocycles. The van der Waals surface area contributed by atoms with Gasteiger partial charge in [-0.3, -0.25) is 0 Å². The lowest BCUT2D eigenvalue weighted by Gasteiger charge is -2.03. The third-order valence-electron chi connectivity index (χ3n) is 1.97. The first kappa shape index (κ1) is 15.5. The number of hydrogen-bond donors (Lipinski definition) is 1. The molecule has 1 rings (SSSR count). The summed E-state index contributed by atoms with van der Waals surface area (Å²) in [6.45, 7) is 7.61. The van der Waals surface area contributed by atoms with Crippen molar-refractivity contribution in [2.45, 2.75) is 20.8 Å². The van der Waals surface area contributed by atoms with Gasteiger partial charge < -0.3 is 14.6 Å². The molecule has 0 fully saturated rings. The van der Waals surface area contributed by atoms with Crippen molar-refractivity contribution in [3.05, 3.63) is 29.8 Å². The Morgan fingerprint density at radius 1 is 1.24 bits per heavy atom. The minimum atomic E-state index is 0.172. The third-order valence-corrected chi connectivity index (χ3v) is 1.97. The number of allylic oxidation sites excluding steroid dienone is 1. The third kappa shape index (κ3) is 6.64. The van der Waals surface area contributed by atoms with Gasteiger partial charge >= 0.3 is 0 Å². The van der Waals surface area contributed by atoms with Crippen molar-refractivity contribution in [3.63, 3.8) is 0 Å². The van der Waals surface area contributed by atoms with Crippen LogP contribution in [-0.2, 0) is 4.74 Å². The molecule has 0 unspecified atom stereocenters. The molecule has 0 bridgehead atoms. The topological polar surface area (TPSA) is 38.7 Å². The number of methoxy groups -OCH3 is 1. The molecular weight excluding hydrogens is 216 g/mol. The standard InChI is InChI=1S/C10H12O2.C4H10O/c1-3-4-8-5-6-9(11)10(7-8)12-2;1-3-5-4-2/h3-7,11H,1-2H3;3-4H2,1-2H3. The highest BCUT2D eigenvalue weighted by Crippen LogP contribution is 2.26. The highest BCUT2D eigenvalue weighted by atomic mass is 16.5. The molecule has 1 aromatic rings. The van der Waals surface area contributed by atoms with E-state index in [0.717, 1.165) is 18.8 Å². The lowest BCUT2D eigenvalue weighted by molar-refractivity contribution is 0.162. The molecule has 3 nitrogen and oxygen atoms in total. The number of hydrogen-bond acceptors (Lipinski definition) is 3. The summed E-state index contributed by atoms with van der Waals surface area (Å²) in [7, 11) is 1.54. The van der Waals surface area contributed by atoms with E-state index in [4.69, 9.17) is 9.47 Å². The monoisotopic (exact) mass is 238 g/mol. The summed E-state index contributed by atoms with van der Waals surface area (Å²) in [6.07, 6.45) is 3.88. The van der Waals surface area contributed by atoms with Crippen LogP contribution in [0.4, 0.5) is 0 Å². The molecule has 0 aliphatic heterocycles. The average molecular weight is 238 g/mol. The highest BCUT2D eigenvalue weighted by Gasteiger charge is 1.99. The molecule has 0 amide bonds. The molecule has 0 aliphatic rings. The molecule has 1 N–H and O–H groups in total. The van der Waals surface area contributed by atoms with Gasteiger partial charge in [-0.1, -0.05) is 18.2 Å². The van der Waals surface area contributed by atoms with Crippen molar-refractivity contribution in [2.75, 3.05) is 20.3 Å². The van der Waals surface area contributed by atoms with E-state index in [2.05, 4.69) is 0 Å². The molecule has 0 saturated heterocycles. The lowest BCUT2D eigenvalue weighted by Crippen LogP contribution is -1.84. The van der Waals surface area contributed by atoms with E-state index in [1.807, 2.05) is 39.0 Å². The van der Waals surface area contributed by atoms with E-state index in [9.17, 15) is 5.11 Å². The van der Waals surface area contributed by atoms with Gasteiger partial charge in [-0.2, -0.15) is 0 Å². The van der Waals surface area contributed by atoms with Crippen molar-refractivity contribution in [1.29, 1.82) is 0 Å². The van der Waals surface area contributed by atoms with E-state index in [1.54, 1.807) is 12.1 Å². The predicted octanol–water partition coefficient (Wildman–Crippen LogP) is 3.48. The average Bonchev–Trinajstić information content (AvgIpc) is 2.34. The maximum Gasteiger partial charge on any atom is 0.161 e. The van der Waals surface area contributed by atoms with Crippen LogP contribution in [0.1, 0.15) is 26.3 Å². The fourth-order valence-electron chi connectivity index (χ4n) is 1.19. The molecule has 0 heterocycles. The Bertz CT molecular complexity index is 330.